The average Bonchev–Trinajstić information content (AvgIpc) is 2.54. The topological polar surface area (TPSA) is 79.7 Å². The second-order valence-corrected chi connectivity index (χ2v) is 4.66. The van der Waals surface area contributed by atoms with Gasteiger partial charge in [-0.2, -0.15) is 5.10 Å². The smallest absolute Gasteiger partial charge is 0.153 e. The molecule has 0 amide bonds. The molecule has 1 rings (SSSR count). The summed E-state index contributed by atoms with van der Waals surface area (Å²) in [6, 6.07) is 0. The molecule has 17 heavy (non-hydrogen) atoms. The molecule has 0 atom stereocenters. The Morgan fingerprint density at radius 1 is 1.65 bits per heavy atom. The van der Waals surface area contributed by atoms with Crippen molar-refractivity contribution in [1.82, 2.24) is 14.7 Å². The van der Waals surface area contributed by atoms with Crippen LogP contribution in [-0.2, 0) is 13.6 Å². The van der Waals surface area contributed by atoms with E-state index in [1.807, 2.05) is 25.6 Å². The molecule has 0 spiro atoms. The highest BCUT2D eigenvalue weighted by Gasteiger charge is 2.14. The summed E-state index contributed by atoms with van der Waals surface area (Å²) < 4.78 is 2.85. The molecule has 0 radical (unpaired) electrons. The summed E-state index contributed by atoms with van der Waals surface area (Å²) in [6.07, 6.45) is 0. The SMILES string of the molecule is CCN(CC(N)=NO)Cc1c(Br)c(C)nn1C. The Morgan fingerprint density at radius 2 is 2.29 bits per heavy atom. The number of aromatic nitrogens is 2. The zero-order valence-electron chi connectivity index (χ0n) is 10.3. The number of hydrogen-bond acceptors (Lipinski definition) is 4. The Hall–Kier alpha value is -1.08. The van der Waals surface area contributed by atoms with E-state index in [4.69, 9.17) is 10.9 Å². The van der Waals surface area contributed by atoms with Crippen LogP contribution >= 0.6 is 15.9 Å². The van der Waals surface area contributed by atoms with Gasteiger partial charge in [-0.1, -0.05) is 12.1 Å². The van der Waals surface area contributed by atoms with Crippen molar-refractivity contribution in [2.75, 3.05) is 13.1 Å². The first-order valence-electron chi connectivity index (χ1n) is 5.36. The highest BCUT2D eigenvalue weighted by molar-refractivity contribution is 9.10. The van der Waals surface area contributed by atoms with Crippen molar-refractivity contribution in [2.24, 2.45) is 17.9 Å². The van der Waals surface area contributed by atoms with Crippen LogP contribution in [0.5, 0.6) is 0 Å². The van der Waals surface area contributed by atoms with Crippen LogP contribution in [0.15, 0.2) is 9.63 Å². The van der Waals surface area contributed by atoms with Crippen LogP contribution in [0.3, 0.4) is 0 Å². The van der Waals surface area contributed by atoms with Gasteiger partial charge < -0.3 is 10.9 Å². The maximum Gasteiger partial charge on any atom is 0.153 e. The monoisotopic (exact) mass is 303 g/mol. The third-order valence-corrected chi connectivity index (χ3v) is 3.63. The van der Waals surface area contributed by atoms with Crippen LogP contribution < -0.4 is 5.73 Å². The number of amidine groups is 1. The third-order valence-electron chi connectivity index (χ3n) is 2.60. The van der Waals surface area contributed by atoms with Gasteiger partial charge in [-0.3, -0.25) is 9.58 Å². The number of likely N-dealkylation sites (N-methyl/N-ethyl adjacent to an activating group) is 1. The van der Waals surface area contributed by atoms with E-state index in [0.29, 0.717) is 13.1 Å². The summed E-state index contributed by atoms with van der Waals surface area (Å²) in [4.78, 5) is 2.07. The quantitative estimate of drug-likeness (QED) is 0.369. The molecular weight excluding hydrogens is 286 g/mol. The molecule has 1 aromatic rings. The molecule has 96 valence electrons. The largest absolute Gasteiger partial charge is 0.409 e. The van der Waals surface area contributed by atoms with Crippen molar-refractivity contribution in [3.05, 3.63) is 15.9 Å². The normalized spacial score (nSPS) is 12.4. The van der Waals surface area contributed by atoms with Crippen LogP contribution in [0.25, 0.3) is 0 Å². The van der Waals surface area contributed by atoms with Crippen LogP contribution in [0.4, 0.5) is 0 Å². The van der Waals surface area contributed by atoms with Gasteiger partial charge in [0.05, 0.1) is 22.4 Å². The number of nitrogens with zero attached hydrogens (tertiary/aromatic N) is 4. The highest BCUT2D eigenvalue weighted by Crippen LogP contribution is 2.21. The van der Waals surface area contributed by atoms with E-state index in [1.54, 1.807) is 0 Å². The van der Waals surface area contributed by atoms with Crippen molar-refractivity contribution in [3.63, 3.8) is 0 Å². The molecule has 0 aliphatic rings. The fourth-order valence-corrected chi connectivity index (χ4v) is 2.07. The fourth-order valence-electron chi connectivity index (χ4n) is 1.60. The molecule has 0 saturated heterocycles. The predicted octanol–water partition coefficient (Wildman–Crippen LogP) is 1.06. The molecule has 7 heteroatoms. The minimum Gasteiger partial charge on any atom is -0.409 e. The molecule has 0 fully saturated rings. The number of hydrogen-bond donors (Lipinski definition) is 2. The fraction of sp³-hybridized carbons (Fsp3) is 0.600. The molecule has 0 aliphatic carbocycles. The van der Waals surface area contributed by atoms with E-state index in [0.717, 1.165) is 22.4 Å². The highest BCUT2D eigenvalue weighted by atomic mass is 79.9. The van der Waals surface area contributed by atoms with Gasteiger partial charge in [0, 0.05) is 13.6 Å². The molecule has 0 aliphatic heterocycles. The maximum absolute atomic E-state index is 8.57. The Morgan fingerprint density at radius 3 is 2.71 bits per heavy atom. The predicted molar refractivity (Wildman–Crippen MR) is 70.0 cm³/mol. The molecule has 1 aromatic heterocycles. The zero-order valence-corrected chi connectivity index (χ0v) is 11.9. The van der Waals surface area contributed by atoms with Crippen molar-refractivity contribution < 1.29 is 5.21 Å². The van der Waals surface area contributed by atoms with Gasteiger partial charge in [0.15, 0.2) is 5.84 Å². The number of oxime groups is 1. The van der Waals surface area contributed by atoms with Crippen molar-refractivity contribution in [1.29, 1.82) is 0 Å². The Bertz CT molecular complexity index is 415. The van der Waals surface area contributed by atoms with Gasteiger partial charge >= 0.3 is 0 Å². The minimum absolute atomic E-state index is 0.210. The molecule has 3 N–H and O–H groups in total. The Kier molecular flexibility index (Phi) is 4.95. The maximum atomic E-state index is 8.57. The van der Waals surface area contributed by atoms with Crippen LogP contribution in [0.1, 0.15) is 18.3 Å². The average molecular weight is 304 g/mol. The lowest BCUT2D eigenvalue weighted by atomic mass is 10.3. The summed E-state index contributed by atoms with van der Waals surface area (Å²) in [5, 5.41) is 15.9. The summed E-state index contributed by atoms with van der Waals surface area (Å²) in [5.41, 5.74) is 7.55. The van der Waals surface area contributed by atoms with E-state index >= 15 is 0 Å². The third kappa shape index (κ3) is 3.44. The van der Waals surface area contributed by atoms with E-state index in [9.17, 15) is 0 Å². The van der Waals surface area contributed by atoms with E-state index < -0.39 is 0 Å². The van der Waals surface area contributed by atoms with E-state index in [-0.39, 0.29) is 5.84 Å². The number of nitrogens with two attached hydrogens (primary N) is 1. The summed E-state index contributed by atoms with van der Waals surface area (Å²) in [5.74, 6) is 0.210. The van der Waals surface area contributed by atoms with Crippen molar-refractivity contribution >= 4 is 21.8 Å². The Balaban J connectivity index is 2.80. The molecular formula is C10H18BrN5O. The van der Waals surface area contributed by atoms with Crippen LogP contribution in [0, 0.1) is 6.92 Å². The zero-order chi connectivity index (χ0) is 13.0. The first-order chi connectivity index (χ1) is 7.99. The number of halogens is 1. The van der Waals surface area contributed by atoms with Gasteiger partial charge in [-0.05, 0) is 29.4 Å². The molecule has 0 aromatic carbocycles. The lowest BCUT2D eigenvalue weighted by molar-refractivity contribution is 0.290. The van der Waals surface area contributed by atoms with E-state index in [2.05, 4.69) is 31.1 Å². The second-order valence-electron chi connectivity index (χ2n) is 3.86. The number of rotatable bonds is 5. The summed E-state index contributed by atoms with van der Waals surface area (Å²) in [7, 11) is 1.91. The molecule has 6 nitrogen and oxygen atoms in total. The van der Waals surface area contributed by atoms with Gasteiger partial charge in [-0.15, -0.1) is 0 Å². The number of aryl methyl sites for hydroxylation is 2. The van der Waals surface area contributed by atoms with Crippen LogP contribution in [0.2, 0.25) is 0 Å². The van der Waals surface area contributed by atoms with Crippen molar-refractivity contribution in [2.45, 2.75) is 20.4 Å². The minimum atomic E-state index is 0.210. The van der Waals surface area contributed by atoms with Gasteiger partial charge in [0.2, 0.25) is 0 Å². The summed E-state index contributed by atoms with van der Waals surface area (Å²) in [6.45, 7) is 5.93. The molecule has 1 heterocycles. The molecule has 0 bridgehead atoms. The lowest BCUT2D eigenvalue weighted by Crippen LogP contribution is -2.34. The second kappa shape index (κ2) is 6.02. The first-order valence-corrected chi connectivity index (χ1v) is 6.15. The summed E-state index contributed by atoms with van der Waals surface area (Å²) >= 11 is 3.52. The standard InChI is InChI=1S/C10H18BrN5O/c1-4-16(6-9(12)14-17)5-8-10(11)7(2)13-15(8)3/h17H,4-6H2,1-3H3,(H2,12,14). The van der Waals surface area contributed by atoms with Gasteiger partial charge in [0.25, 0.3) is 0 Å². The van der Waals surface area contributed by atoms with Gasteiger partial charge in [0.1, 0.15) is 0 Å². The van der Waals surface area contributed by atoms with E-state index in [1.165, 1.54) is 0 Å². The van der Waals surface area contributed by atoms with Crippen LogP contribution in [-0.4, -0.2) is 38.8 Å². The first kappa shape index (κ1) is 14.0. The molecule has 0 saturated carbocycles. The Labute approximate surface area is 109 Å². The van der Waals surface area contributed by atoms with Crippen molar-refractivity contribution in [3.8, 4) is 0 Å². The van der Waals surface area contributed by atoms with Gasteiger partial charge in [-0.25, -0.2) is 0 Å². The lowest BCUT2D eigenvalue weighted by Gasteiger charge is -2.19. The molecule has 0 unspecified atom stereocenters.